The predicted molar refractivity (Wildman–Crippen MR) is 94.9 cm³/mol. The Balaban J connectivity index is 1.84. The first kappa shape index (κ1) is 17.5. The fourth-order valence-electron chi connectivity index (χ4n) is 3.07. The van der Waals surface area contributed by atoms with Gasteiger partial charge in [-0.05, 0) is 32.4 Å². The minimum absolute atomic E-state index is 0.0844. The molecule has 2 aromatic heterocycles. The van der Waals surface area contributed by atoms with Gasteiger partial charge < -0.3 is 10.0 Å². The lowest BCUT2D eigenvalue weighted by molar-refractivity contribution is -0.0971. The van der Waals surface area contributed by atoms with Crippen molar-refractivity contribution in [1.82, 2.24) is 19.9 Å². The van der Waals surface area contributed by atoms with Crippen molar-refractivity contribution in [2.24, 2.45) is 5.41 Å². The largest absolute Gasteiger partial charge is 0.389 e. The molecule has 3 rings (SSSR count). The number of aryl methyl sites for hydroxylation is 1. The van der Waals surface area contributed by atoms with E-state index in [1.165, 1.54) is 0 Å². The molecule has 132 valence electrons. The molecule has 0 aromatic carbocycles. The second-order valence-corrected chi connectivity index (χ2v) is 7.57. The lowest BCUT2D eigenvalue weighted by Crippen LogP contribution is -2.57. The Morgan fingerprint density at radius 3 is 2.64 bits per heavy atom. The van der Waals surface area contributed by atoms with Gasteiger partial charge >= 0.3 is 0 Å². The monoisotopic (exact) mass is 340 g/mol. The molecule has 1 amide bonds. The lowest BCUT2D eigenvalue weighted by atomic mass is 9.71. The Hall–Kier alpha value is -2.34. The van der Waals surface area contributed by atoms with E-state index in [1.54, 1.807) is 23.5 Å². The van der Waals surface area contributed by atoms with Crippen molar-refractivity contribution >= 4 is 5.91 Å². The summed E-state index contributed by atoms with van der Waals surface area (Å²) < 4.78 is 0. The van der Waals surface area contributed by atoms with Gasteiger partial charge in [-0.1, -0.05) is 13.8 Å². The van der Waals surface area contributed by atoms with Crippen LogP contribution in [0.5, 0.6) is 0 Å². The second kappa shape index (κ2) is 6.19. The van der Waals surface area contributed by atoms with Crippen LogP contribution in [0.25, 0.3) is 11.4 Å². The molecule has 0 aliphatic carbocycles. The van der Waals surface area contributed by atoms with E-state index >= 15 is 0 Å². The summed E-state index contributed by atoms with van der Waals surface area (Å²) in [6.45, 7) is 8.66. The summed E-state index contributed by atoms with van der Waals surface area (Å²) in [4.78, 5) is 27.6. The Morgan fingerprint density at radius 1 is 1.28 bits per heavy atom. The summed E-state index contributed by atoms with van der Waals surface area (Å²) in [5.41, 5.74) is 0.823. The van der Waals surface area contributed by atoms with E-state index in [0.717, 1.165) is 5.56 Å². The van der Waals surface area contributed by atoms with E-state index in [1.807, 2.05) is 39.8 Å². The molecular formula is C19H24N4O2. The first-order valence-electron chi connectivity index (χ1n) is 8.47. The smallest absolute Gasteiger partial charge is 0.257 e. The number of piperidine rings is 1. The van der Waals surface area contributed by atoms with Gasteiger partial charge in [0.05, 0.1) is 16.9 Å². The average molecular weight is 340 g/mol. The number of rotatable bonds is 2. The number of likely N-dealkylation sites (tertiary alicyclic amines) is 1. The standard InChI is InChI=1S/C19H24N4O2/c1-13-15(11-21-16(22-13)14-6-5-8-20-10-14)17(24)23-9-7-19(4,25)18(2,3)12-23/h5-6,8,10-11,25H,7,9,12H2,1-4H3/t19-/m0/s1. The van der Waals surface area contributed by atoms with Gasteiger partial charge in [-0.25, -0.2) is 9.97 Å². The highest BCUT2D eigenvalue weighted by molar-refractivity contribution is 5.95. The van der Waals surface area contributed by atoms with Crippen molar-refractivity contribution in [3.8, 4) is 11.4 Å². The second-order valence-electron chi connectivity index (χ2n) is 7.57. The maximum absolute atomic E-state index is 12.9. The molecule has 6 nitrogen and oxygen atoms in total. The normalized spacial score (nSPS) is 22.7. The molecule has 1 saturated heterocycles. The third-order valence-corrected chi connectivity index (χ3v) is 5.33. The molecule has 25 heavy (non-hydrogen) atoms. The molecule has 1 N–H and O–H groups in total. The minimum Gasteiger partial charge on any atom is -0.389 e. The van der Waals surface area contributed by atoms with Crippen LogP contribution in [0.3, 0.4) is 0 Å². The molecule has 0 unspecified atom stereocenters. The van der Waals surface area contributed by atoms with Crippen LogP contribution in [-0.2, 0) is 0 Å². The van der Waals surface area contributed by atoms with Crippen molar-refractivity contribution in [3.63, 3.8) is 0 Å². The third kappa shape index (κ3) is 3.26. The molecule has 0 saturated carbocycles. The zero-order valence-corrected chi connectivity index (χ0v) is 15.2. The van der Waals surface area contributed by atoms with Gasteiger partial charge in [0, 0.05) is 42.7 Å². The SMILES string of the molecule is Cc1nc(-c2cccnc2)ncc1C(=O)N1CC[C@](C)(O)C(C)(C)C1. The fraction of sp³-hybridized carbons (Fsp3) is 0.474. The molecular weight excluding hydrogens is 316 g/mol. The van der Waals surface area contributed by atoms with E-state index in [0.29, 0.717) is 36.6 Å². The Morgan fingerprint density at radius 2 is 2.04 bits per heavy atom. The predicted octanol–water partition coefficient (Wildman–Crippen LogP) is 2.47. The maximum Gasteiger partial charge on any atom is 0.257 e. The highest BCUT2D eigenvalue weighted by Gasteiger charge is 2.45. The number of hydrogen-bond donors (Lipinski definition) is 1. The zero-order chi connectivity index (χ0) is 18.2. The van der Waals surface area contributed by atoms with Crippen LogP contribution in [0, 0.1) is 12.3 Å². The molecule has 0 bridgehead atoms. The van der Waals surface area contributed by atoms with E-state index in [-0.39, 0.29) is 11.3 Å². The van der Waals surface area contributed by atoms with Gasteiger partial charge in [0.2, 0.25) is 0 Å². The van der Waals surface area contributed by atoms with Crippen molar-refractivity contribution in [2.75, 3.05) is 13.1 Å². The molecule has 1 aliphatic rings. The minimum atomic E-state index is -0.778. The third-order valence-electron chi connectivity index (χ3n) is 5.33. The summed E-state index contributed by atoms with van der Waals surface area (Å²) >= 11 is 0. The Bertz CT molecular complexity index is 787. The van der Waals surface area contributed by atoms with E-state index in [4.69, 9.17) is 0 Å². The number of carbonyl (C=O) groups excluding carboxylic acids is 1. The van der Waals surface area contributed by atoms with Gasteiger partial charge in [-0.3, -0.25) is 9.78 Å². The highest BCUT2D eigenvalue weighted by atomic mass is 16.3. The van der Waals surface area contributed by atoms with Gasteiger partial charge in [0.1, 0.15) is 0 Å². The Labute approximate surface area is 148 Å². The van der Waals surface area contributed by atoms with Gasteiger partial charge in [-0.15, -0.1) is 0 Å². The van der Waals surface area contributed by atoms with E-state index < -0.39 is 5.60 Å². The Kier molecular flexibility index (Phi) is 4.33. The quantitative estimate of drug-likeness (QED) is 0.908. The highest BCUT2D eigenvalue weighted by Crippen LogP contribution is 2.38. The van der Waals surface area contributed by atoms with Crippen LogP contribution in [0.2, 0.25) is 0 Å². The maximum atomic E-state index is 12.9. The van der Waals surface area contributed by atoms with Crippen LogP contribution in [0.15, 0.2) is 30.7 Å². The van der Waals surface area contributed by atoms with Crippen LogP contribution in [-0.4, -0.2) is 49.6 Å². The van der Waals surface area contributed by atoms with Crippen molar-refractivity contribution in [1.29, 1.82) is 0 Å². The summed E-state index contributed by atoms with van der Waals surface area (Å²) in [5, 5.41) is 10.5. The van der Waals surface area contributed by atoms with Crippen LogP contribution >= 0.6 is 0 Å². The van der Waals surface area contributed by atoms with Gasteiger partial charge in [-0.2, -0.15) is 0 Å². The van der Waals surface area contributed by atoms with Crippen molar-refractivity contribution in [3.05, 3.63) is 42.0 Å². The molecule has 0 radical (unpaired) electrons. The van der Waals surface area contributed by atoms with Crippen LogP contribution < -0.4 is 0 Å². The number of aromatic nitrogens is 3. The molecule has 1 atom stereocenters. The lowest BCUT2D eigenvalue weighted by Gasteiger charge is -2.48. The average Bonchev–Trinajstić information content (AvgIpc) is 2.57. The van der Waals surface area contributed by atoms with E-state index in [2.05, 4.69) is 15.0 Å². The first-order chi connectivity index (χ1) is 11.7. The van der Waals surface area contributed by atoms with Crippen molar-refractivity contribution < 1.29 is 9.90 Å². The molecule has 1 aliphatic heterocycles. The number of amides is 1. The molecule has 1 fully saturated rings. The molecule has 2 aromatic rings. The first-order valence-corrected chi connectivity index (χ1v) is 8.47. The summed E-state index contributed by atoms with van der Waals surface area (Å²) in [6, 6.07) is 3.72. The number of pyridine rings is 1. The summed E-state index contributed by atoms with van der Waals surface area (Å²) in [5.74, 6) is 0.475. The number of aliphatic hydroxyl groups is 1. The number of carbonyl (C=O) groups is 1. The van der Waals surface area contributed by atoms with Crippen LogP contribution in [0.1, 0.15) is 43.2 Å². The van der Waals surface area contributed by atoms with Gasteiger partial charge in [0.25, 0.3) is 5.91 Å². The molecule has 6 heteroatoms. The summed E-state index contributed by atoms with van der Waals surface area (Å²) in [7, 11) is 0. The number of nitrogens with zero attached hydrogens (tertiary/aromatic N) is 4. The molecule has 0 spiro atoms. The topological polar surface area (TPSA) is 79.2 Å². The van der Waals surface area contributed by atoms with Gasteiger partial charge in [0.15, 0.2) is 5.82 Å². The molecule has 3 heterocycles. The van der Waals surface area contributed by atoms with E-state index in [9.17, 15) is 9.90 Å². The fourth-order valence-corrected chi connectivity index (χ4v) is 3.07. The van der Waals surface area contributed by atoms with Crippen molar-refractivity contribution in [2.45, 2.75) is 39.7 Å². The summed E-state index contributed by atoms with van der Waals surface area (Å²) in [6.07, 6.45) is 5.54. The number of hydrogen-bond acceptors (Lipinski definition) is 5. The zero-order valence-electron chi connectivity index (χ0n) is 15.2. The van der Waals surface area contributed by atoms with Crippen LogP contribution in [0.4, 0.5) is 0 Å².